The topological polar surface area (TPSA) is 37.8 Å². The highest BCUT2D eigenvalue weighted by Crippen LogP contribution is 2.38. The van der Waals surface area contributed by atoms with E-state index in [4.69, 9.17) is 0 Å². The van der Waals surface area contributed by atoms with Crippen molar-refractivity contribution >= 4 is 28.4 Å². The van der Waals surface area contributed by atoms with Crippen molar-refractivity contribution in [1.82, 2.24) is 9.97 Å². The predicted molar refractivity (Wildman–Crippen MR) is 69.8 cm³/mol. The smallest absolute Gasteiger partial charge is 0.143 e. The van der Waals surface area contributed by atoms with Crippen molar-refractivity contribution in [2.45, 2.75) is 39.2 Å². The lowest BCUT2D eigenvalue weighted by Gasteiger charge is -2.18. The first-order valence-electron chi connectivity index (χ1n) is 5.29. The molecular weight excluding hydrogens is 301 g/mol. The van der Waals surface area contributed by atoms with E-state index >= 15 is 0 Å². The summed E-state index contributed by atoms with van der Waals surface area (Å²) in [5, 5.41) is 3.51. The van der Waals surface area contributed by atoms with Gasteiger partial charge in [0.15, 0.2) is 0 Å². The third-order valence-electron chi connectivity index (χ3n) is 2.98. The van der Waals surface area contributed by atoms with E-state index in [1.807, 2.05) is 6.20 Å². The molecule has 1 aliphatic carbocycles. The van der Waals surface area contributed by atoms with E-state index in [1.165, 1.54) is 19.3 Å². The van der Waals surface area contributed by atoms with Crippen LogP contribution in [0.5, 0.6) is 0 Å². The van der Waals surface area contributed by atoms with Crippen LogP contribution < -0.4 is 5.32 Å². The Morgan fingerprint density at radius 1 is 1.53 bits per heavy atom. The first-order chi connectivity index (χ1) is 7.07. The Kier molecular flexibility index (Phi) is 3.13. The van der Waals surface area contributed by atoms with Gasteiger partial charge in [-0.3, -0.25) is 0 Å². The maximum absolute atomic E-state index is 4.26. The molecule has 0 saturated heterocycles. The fourth-order valence-electron chi connectivity index (χ4n) is 2.17. The first-order valence-corrected chi connectivity index (χ1v) is 6.37. The van der Waals surface area contributed by atoms with Crippen LogP contribution in [0.1, 0.15) is 33.1 Å². The van der Waals surface area contributed by atoms with Gasteiger partial charge in [-0.25, -0.2) is 9.97 Å². The molecule has 0 aromatic carbocycles. The minimum absolute atomic E-state index is 0.482. The number of anilines is 1. The van der Waals surface area contributed by atoms with Crippen LogP contribution in [0.4, 0.5) is 5.82 Å². The van der Waals surface area contributed by atoms with Crippen molar-refractivity contribution in [3.8, 4) is 0 Å². The van der Waals surface area contributed by atoms with E-state index in [1.54, 1.807) is 6.33 Å². The molecule has 1 unspecified atom stereocenters. The largest absolute Gasteiger partial charge is 0.366 e. The number of nitrogens with zero attached hydrogens (tertiary/aromatic N) is 2. The lowest BCUT2D eigenvalue weighted by molar-refractivity contribution is 0.378. The Bertz CT molecular complexity index is 351. The van der Waals surface area contributed by atoms with Crippen molar-refractivity contribution < 1.29 is 0 Å². The van der Waals surface area contributed by atoms with E-state index in [2.05, 4.69) is 51.7 Å². The lowest BCUT2D eigenvalue weighted by Crippen LogP contribution is -2.19. The molecular formula is C11H16IN3. The standard InChI is InChI=1S/C11H16IN3/c1-11(2)4-3-8(5-11)15-10-9(12)6-13-7-14-10/h6-8H,3-5H2,1-2H3,(H,13,14,15). The second-order valence-corrected chi connectivity index (χ2v) is 6.13. The molecule has 1 saturated carbocycles. The van der Waals surface area contributed by atoms with Crippen LogP contribution in [0, 0.1) is 8.99 Å². The second-order valence-electron chi connectivity index (χ2n) is 4.97. The molecule has 82 valence electrons. The third kappa shape index (κ3) is 2.80. The predicted octanol–water partition coefficient (Wildman–Crippen LogP) is 3.07. The molecule has 1 fully saturated rings. The molecule has 4 heteroatoms. The summed E-state index contributed by atoms with van der Waals surface area (Å²) in [4.78, 5) is 8.25. The maximum Gasteiger partial charge on any atom is 0.143 e. The molecule has 2 rings (SSSR count). The quantitative estimate of drug-likeness (QED) is 0.852. The minimum atomic E-state index is 0.482. The summed E-state index contributed by atoms with van der Waals surface area (Å²) in [5.74, 6) is 0.980. The number of rotatable bonds is 2. The summed E-state index contributed by atoms with van der Waals surface area (Å²) in [7, 11) is 0. The minimum Gasteiger partial charge on any atom is -0.366 e. The molecule has 0 bridgehead atoms. The molecule has 15 heavy (non-hydrogen) atoms. The summed E-state index contributed by atoms with van der Waals surface area (Å²) in [6, 6.07) is 0.573. The van der Waals surface area contributed by atoms with Gasteiger partial charge in [-0.05, 0) is 47.3 Å². The van der Waals surface area contributed by atoms with E-state index in [0.717, 1.165) is 9.39 Å². The Hall–Kier alpha value is -0.390. The Morgan fingerprint density at radius 2 is 2.33 bits per heavy atom. The summed E-state index contributed by atoms with van der Waals surface area (Å²) in [6.07, 6.45) is 7.22. The van der Waals surface area contributed by atoms with Gasteiger partial charge in [0.1, 0.15) is 12.1 Å². The monoisotopic (exact) mass is 317 g/mol. The number of aromatic nitrogens is 2. The van der Waals surface area contributed by atoms with Crippen LogP contribution >= 0.6 is 22.6 Å². The van der Waals surface area contributed by atoms with Crippen LogP contribution in [0.3, 0.4) is 0 Å². The number of nitrogens with one attached hydrogen (secondary N) is 1. The number of halogens is 1. The van der Waals surface area contributed by atoms with E-state index < -0.39 is 0 Å². The fraction of sp³-hybridized carbons (Fsp3) is 0.636. The van der Waals surface area contributed by atoms with Crippen molar-refractivity contribution in [2.24, 2.45) is 5.41 Å². The van der Waals surface area contributed by atoms with Crippen molar-refractivity contribution in [3.63, 3.8) is 0 Å². The molecule has 3 nitrogen and oxygen atoms in total. The molecule has 1 atom stereocenters. The Morgan fingerprint density at radius 3 is 2.93 bits per heavy atom. The van der Waals surface area contributed by atoms with Crippen molar-refractivity contribution in [2.75, 3.05) is 5.32 Å². The normalized spacial score (nSPS) is 24.1. The zero-order chi connectivity index (χ0) is 10.9. The van der Waals surface area contributed by atoms with Crippen LogP contribution in [-0.4, -0.2) is 16.0 Å². The van der Waals surface area contributed by atoms with Crippen LogP contribution in [-0.2, 0) is 0 Å². The van der Waals surface area contributed by atoms with E-state index in [9.17, 15) is 0 Å². The highest BCUT2D eigenvalue weighted by molar-refractivity contribution is 14.1. The molecule has 0 aliphatic heterocycles. The molecule has 1 aromatic heterocycles. The van der Waals surface area contributed by atoms with Gasteiger partial charge in [-0.2, -0.15) is 0 Å². The summed E-state index contributed by atoms with van der Waals surface area (Å²) in [6.45, 7) is 4.67. The van der Waals surface area contributed by atoms with E-state index in [-0.39, 0.29) is 0 Å². The highest BCUT2D eigenvalue weighted by Gasteiger charge is 2.31. The SMILES string of the molecule is CC1(C)CCC(Nc2ncncc2I)C1. The van der Waals surface area contributed by atoms with Crippen molar-refractivity contribution in [3.05, 3.63) is 16.1 Å². The van der Waals surface area contributed by atoms with Gasteiger partial charge < -0.3 is 5.32 Å². The van der Waals surface area contributed by atoms with Gasteiger partial charge in [0, 0.05) is 12.2 Å². The molecule has 0 amide bonds. The van der Waals surface area contributed by atoms with Gasteiger partial charge in [0.05, 0.1) is 3.57 Å². The van der Waals surface area contributed by atoms with Crippen LogP contribution in [0.15, 0.2) is 12.5 Å². The van der Waals surface area contributed by atoms with Crippen LogP contribution in [0.2, 0.25) is 0 Å². The van der Waals surface area contributed by atoms with Gasteiger partial charge in [0.25, 0.3) is 0 Å². The second kappa shape index (κ2) is 4.23. The average molecular weight is 317 g/mol. The fourth-order valence-corrected chi connectivity index (χ4v) is 2.63. The molecule has 1 N–H and O–H groups in total. The zero-order valence-corrected chi connectivity index (χ0v) is 11.3. The molecule has 1 heterocycles. The van der Waals surface area contributed by atoms with Crippen molar-refractivity contribution in [1.29, 1.82) is 0 Å². The van der Waals surface area contributed by atoms with E-state index in [0.29, 0.717) is 11.5 Å². The van der Waals surface area contributed by atoms with Gasteiger partial charge >= 0.3 is 0 Å². The lowest BCUT2D eigenvalue weighted by atomic mass is 9.92. The Labute approximate surface area is 104 Å². The zero-order valence-electron chi connectivity index (χ0n) is 9.13. The van der Waals surface area contributed by atoms with Gasteiger partial charge in [0.2, 0.25) is 0 Å². The summed E-state index contributed by atoms with van der Waals surface area (Å²) in [5.41, 5.74) is 0.482. The number of hydrogen-bond acceptors (Lipinski definition) is 3. The molecule has 1 aliphatic rings. The average Bonchev–Trinajstić information content (AvgIpc) is 2.50. The van der Waals surface area contributed by atoms with Gasteiger partial charge in [-0.15, -0.1) is 0 Å². The first kappa shape index (κ1) is 11.1. The molecule has 0 spiro atoms. The molecule has 1 aromatic rings. The number of hydrogen-bond donors (Lipinski definition) is 1. The summed E-state index contributed by atoms with van der Waals surface area (Å²) >= 11 is 2.27. The van der Waals surface area contributed by atoms with Crippen LogP contribution in [0.25, 0.3) is 0 Å². The Balaban J connectivity index is 2.02. The summed E-state index contributed by atoms with van der Waals surface area (Å²) < 4.78 is 1.10. The molecule has 0 radical (unpaired) electrons. The third-order valence-corrected chi connectivity index (χ3v) is 3.77. The maximum atomic E-state index is 4.26. The van der Waals surface area contributed by atoms with Gasteiger partial charge in [-0.1, -0.05) is 13.8 Å². The highest BCUT2D eigenvalue weighted by atomic mass is 127.